The molecule has 2 rings (SSSR count). The van der Waals surface area contributed by atoms with E-state index in [1.165, 1.54) is 18.2 Å². The molecule has 98 valence electrons. The summed E-state index contributed by atoms with van der Waals surface area (Å²) in [5, 5.41) is 2.88. The highest BCUT2D eigenvalue weighted by atomic mass is 35.5. The highest BCUT2D eigenvalue weighted by Crippen LogP contribution is 2.21. The normalized spacial score (nSPS) is 10.3. The monoisotopic (exact) mass is 318 g/mol. The Kier molecular flexibility index (Phi) is 4.24. The number of pyridine rings is 1. The van der Waals surface area contributed by atoms with Crippen molar-refractivity contribution in [2.45, 2.75) is 0 Å². The van der Waals surface area contributed by atoms with Crippen LogP contribution in [0.4, 0.5) is 10.1 Å². The molecule has 0 atom stereocenters. The minimum absolute atomic E-state index is 0.0467. The average Bonchev–Trinajstić information content (AvgIpc) is 2.30. The molecule has 1 amide bonds. The number of aromatic nitrogens is 1. The quantitative estimate of drug-likeness (QED) is 0.832. The van der Waals surface area contributed by atoms with Crippen LogP contribution in [0.25, 0.3) is 0 Å². The molecule has 0 saturated carbocycles. The van der Waals surface area contributed by atoms with Gasteiger partial charge in [0.15, 0.2) is 0 Å². The summed E-state index contributed by atoms with van der Waals surface area (Å²) in [7, 11) is 0. The van der Waals surface area contributed by atoms with Crippen molar-refractivity contribution in [3.63, 3.8) is 0 Å². The van der Waals surface area contributed by atoms with Crippen LogP contribution in [0.5, 0.6) is 0 Å². The van der Waals surface area contributed by atoms with E-state index < -0.39 is 11.7 Å². The van der Waals surface area contributed by atoms with Crippen LogP contribution in [0.2, 0.25) is 15.2 Å². The number of benzene rings is 1. The molecule has 0 fully saturated rings. The van der Waals surface area contributed by atoms with E-state index in [1.807, 2.05) is 0 Å². The first kappa shape index (κ1) is 14.1. The number of rotatable bonds is 2. The third kappa shape index (κ3) is 3.56. The van der Waals surface area contributed by atoms with Gasteiger partial charge in [-0.2, -0.15) is 0 Å². The first-order chi connectivity index (χ1) is 8.95. The Hall–Kier alpha value is -1.36. The van der Waals surface area contributed by atoms with Crippen molar-refractivity contribution in [3.05, 3.63) is 57.0 Å². The smallest absolute Gasteiger partial charge is 0.275 e. The number of anilines is 1. The van der Waals surface area contributed by atoms with E-state index in [-0.39, 0.29) is 26.6 Å². The van der Waals surface area contributed by atoms with Gasteiger partial charge >= 0.3 is 0 Å². The number of carbonyl (C=O) groups is 1. The Balaban J connectivity index is 2.28. The summed E-state index contributed by atoms with van der Waals surface area (Å²) in [6.07, 6.45) is 0. The Morgan fingerprint density at radius 1 is 1.16 bits per heavy atom. The fourth-order valence-corrected chi connectivity index (χ4v) is 1.95. The number of hydrogen-bond donors (Lipinski definition) is 1. The summed E-state index contributed by atoms with van der Waals surface area (Å²) in [6.45, 7) is 0. The summed E-state index contributed by atoms with van der Waals surface area (Å²) in [5.41, 5.74) is 0.155. The zero-order chi connectivity index (χ0) is 14.0. The number of nitrogens with zero attached hydrogens (tertiary/aromatic N) is 1. The molecule has 7 heteroatoms. The maximum atomic E-state index is 13.1. The molecule has 0 spiro atoms. The van der Waals surface area contributed by atoms with Gasteiger partial charge in [0.25, 0.3) is 5.91 Å². The molecule has 0 aliphatic heterocycles. The second-order valence-electron chi connectivity index (χ2n) is 3.58. The van der Waals surface area contributed by atoms with Gasteiger partial charge in [0.2, 0.25) is 0 Å². The molecule has 19 heavy (non-hydrogen) atoms. The predicted octanol–water partition coefficient (Wildman–Crippen LogP) is 4.43. The number of amides is 1. The van der Waals surface area contributed by atoms with E-state index in [9.17, 15) is 9.18 Å². The standard InChI is InChI=1S/C12H6Cl3FN2O/c13-6-3-7(16)5-8(4-6)17-12(19)11-9(14)1-2-10(15)18-11/h1-5H,(H,17,19). The fourth-order valence-electron chi connectivity index (χ4n) is 1.39. The lowest BCUT2D eigenvalue weighted by Gasteiger charge is -2.07. The van der Waals surface area contributed by atoms with Gasteiger partial charge in [-0.3, -0.25) is 4.79 Å². The highest BCUT2D eigenvalue weighted by Gasteiger charge is 2.13. The minimum Gasteiger partial charge on any atom is -0.320 e. The van der Waals surface area contributed by atoms with Gasteiger partial charge in [-0.1, -0.05) is 34.8 Å². The lowest BCUT2D eigenvalue weighted by Crippen LogP contribution is -2.14. The first-order valence-corrected chi connectivity index (χ1v) is 6.18. The van der Waals surface area contributed by atoms with E-state index in [0.29, 0.717) is 0 Å². The summed E-state index contributed by atoms with van der Waals surface area (Å²) >= 11 is 17.2. The largest absolute Gasteiger partial charge is 0.320 e. The number of halogens is 4. The SMILES string of the molecule is O=C(Nc1cc(F)cc(Cl)c1)c1nc(Cl)ccc1Cl. The van der Waals surface area contributed by atoms with E-state index in [2.05, 4.69) is 10.3 Å². The predicted molar refractivity (Wildman–Crippen MR) is 73.6 cm³/mol. The molecule has 0 aliphatic carbocycles. The van der Waals surface area contributed by atoms with Crippen LogP contribution in [0, 0.1) is 5.82 Å². The number of hydrogen-bond acceptors (Lipinski definition) is 2. The topological polar surface area (TPSA) is 42.0 Å². The number of carbonyl (C=O) groups excluding carboxylic acids is 1. The van der Waals surface area contributed by atoms with Crippen LogP contribution < -0.4 is 5.32 Å². The average molecular weight is 320 g/mol. The van der Waals surface area contributed by atoms with E-state index in [1.54, 1.807) is 0 Å². The van der Waals surface area contributed by atoms with E-state index >= 15 is 0 Å². The maximum Gasteiger partial charge on any atom is 0.275 e. The molecular formula is C12H6Cl3FN2O. The molecule has 1 N–H and O–H groups in total. The molecule has 1 aromatic carbocycles. The summed E-state index contributed by atoms with van der Waals surface area (Å²) in [4.78, 5) is 15.7. The minimum atomic E-state index is -0.603. The van der Waals surface area contributed by atoms with Crippen molar-refractivity contribution >= 4 is 46.4 Å². The van der Waals surface area contributed by atoms with Crippen molar-refractivity contribution < 1.29 is 9.18 Å². The van der Waals surface area contributed by atoms with E-state index in [4.69, 9.17) is 34.8 Å². The second kappa shape index (κ2) is 5.74. The number of nitrogens with one attached hydrogen (secondary N) is 1. The van der Waals surface area contributed by atoms with Crippen LogP contribution in [-0.4, -0.2) is 10.9 Å². The molecule has 2 aromatic rings. The summed E-state index contributed by atoms with van der Waals surface area (Å²) in [6, 6.07) is 6.56. The molecule has 0 saturated heterocycles. The maximum absolute atomic E-state index is 13.1. The van der Waals surface area contributed by atoms with E-state index in [0.717, 1.165) is 12.1 Å². The van der Waals surface area contributed by atoms with Crippen molar-refractivity contribution in [2.24, 2.45) is 0 Å². The first-order valence-electron chi connectivity index (χ1n) is 5.05. The third-order valence-corrected chi connectivity index (χ3v) is 2.88. The lowest BCUT2D eigenvalue weighted by atomic mass is 10.3. The van der Waals surface area contributed by atoms with Crippen LogP contribution in [-0.2, 0) is 0 Å². The highest BCUT2D eigenvalue weighted by molar-refractivity contribution is 6.35. The lowest BCUT2D eigenvalue weighted by molar-refractivity contribution is 0.102. The molecule has 0 bridgehead atoms. The Labute approximate surface area is 123 Å². The van der Waals surface area contributed by atoms with Gasteiger partial charge in [0.05, 0.1) is 5.02 Å². The van der Waals surface area contributed by atoms with Gasteiger partial charge in [-0.25, -0.2) is 9.37 Å². The van der Waals surface area contributed by atoms with Gasteiger partial charge in [-0.05, 0) is 30.3 Å². The zero-order valence-electron chi connectivity index (χ0n) is 9.25. The second-order valence-corrected chi connectivity index (χ2v) is 4.81. The molecule has 0 radical (unpaired) electrons. The van der Waals surface area contributed by atoms with Crippen LogP contribution in [0.15, 0.2) is 30.3 Å². The Bertz CT molecular complexity index is 629. The molecule has 1 heterocycles. The van der Waals surface area contributed by atoms with Crippen molar-refractivity contribution in [2.75, 3.05) is 5.32 Å². The van der Waals surface area contributed by atoms with Gasteiger partial charge in [-0.15, -0.1) is 0 Å². The molecule has 0 aliphatic rings. The third-order valence-electron chi connectivity index (χ3n) is 2.15. The van der Waals surface area contributed by atoms with Gasteiger partial charge < -0.3 is 5.32 Å². The Morgan fingerprint density at radius 3 is 2.58 bits per heavy atom. The van der Waals surface area contributed by atoms with Gasteiger partial charge in [0, 0.05) is 10.7 Å². The Morgan fingerprint density at radius 2 is 1.89 bits per heavy atom. The molecule has 1 aromatic heterocycles. The van der Waals surface area contributed by atoms with Crippen LogP contribution in [0.1, 0.15) is 10.5 Å². The zero-order valence-corrected chi connectivity index (χ0v) is 11.5. The van der Waals surface area contributed by atoms with Crippen molar-refractivity contribution in [1.82, 2.24) is 4.98 Å². The van der Waals surface area contributed by atoms with Crippen molar-refractivity contribution in [3.8, 4) is 0 Å². The summed E-state index contributed by atoms with van der Waals surface area (Å²) in [5.74, 6) is -1.16. The molecular weight excluding hydrogens is 314 g/mol. The van der Waals surface area contributed by atoms with Crippen LogP contribution in [0.3, 0.4) is 0 Å². The summed E-state index contributed by atoms with van der Waals surface area (Å²) < 4.78 is 13.1. The molecule has 3 nitrogen and oxygen atoms in total. The molecule has 0 unspecified atom stereocenters. The van der Waals surface area contributed by atoms with Gasteiger partial charge in [0.1, 0.15) is 16.7 Å². The van der Waals surface area contributed by atoms with Crippen LogP contribution >= 0.6 is 34.8 Å². The fraction of sp³-hybridized carbons (Fsp3) is 0. The van der Waals surface area contributed by atoms with Crippen molar-refractivity contribution in [1.29, 1.82) is 0 Å².